The Morgan fingerprint density at radius 1 is 1.33 bits per heavy atom. The number of carbonyl (C=O) groups is 1. The molecule has 1 aromatic rings. The van der Waals surface area contributed by atoms with Gasteiger partial charge in [0.05, 0.1) is 0 Å². The average molecular weight is 311 g/mol. The van der Waals surface area contributed by atoms with Crippen molar-refractivity contribution in [1.29, 1.82) is 0 Å². The molecular weight excluding hydrogens is 292 g/mol. The summed E-state index contributed by atoms with van der Waals surface area (Å²) in [7, 11) is 0. The van der Waals surface area contributed by atoms with E-state index in [9.17, 15) is 4.79 Å². The molecule has 1 aliphatic carbocycles. The first kappa shape index (κ1) is 13.4. The van der Waals surface area contributed by atoms with Crippen molar-refractivity contribution in [2.45, 2.75) is 38.6 Å². The molecule has 0 aliphatic heterocycles. The van der Waals surface area contributed by atoms with Crippen molar-refractivity contribution in [2.75, 3.05) is 5.73 Å². The second kappa shape index (κ2) is 5.74. The van der Waals surface area contributed by atoms with Gasteiger partial charge in [-0.05, 0) is 65.7 Å². The van der Waals surface area contributed by atoms with Crippen molar-refractivity contribution in [3.05, 3.63) is 28.2 Å². The summed E-state index contributed by atoms with van der Waals surface area (Å²) in [5, 5.41) is 3.09. The lowest BCUT2D eigenvalue weighted by atomic mass is 9.87. The quantitative estimate of drug-likeness (QED) is 0.823. The third-order valence-corrected chi connectivity index (χ3v) is 4.33. The smallest absolute Gasteiger partial charge is 0.251 e. The number of rotatable bonds is 2. The Kier molecular flexibility index (Phi) is 4.27. The molecule has 1 aromatic carbocycles. The van der Waals surface area contributed by atoms with E-state index in [2.05, 4.69) is 28.2 Å². The van der Waals surface area contributed by atoms with Crippen molar-refractivity contribution in [3.8, 4) is 0 Å². The molecule has 1 amide bonds. The minimum atomic E-state index is -0.0197. The highest BCUT2D eigenvalue weighted by molar-refractivity contribution is 9.10. The third-order valence-electron chi connectivity index (χ3n) is 3.61. The van der Waals surface area contributed by atoms with E-state index in [1.54, 1.807) is 12.1 Å². The molecule has 1 fully saturated rings. The average Bonchev–Trinajstić information content (AvgIpc) is 2.35. The maximum atomic E-state index is 12.1. The predicted octanol–water partition coefficient (Wildman–Crippen LogP) is 3.34. The Morgan fingerprint density at radius 3 is 2.61 bits per heavy atom. The second-order valence-electron chi connectivity index (χ2n) is 5.17. The molecule has 0 aromatic heterocycles. The fourth-order valence-corrected chi connectivity index (χ4v) is 2.60. The molecule has 1 saturated carbocycles. The Hall–Kier alpha value is -1.03. The molecule has 0 radical (unpaired) electrons. The van der Waals surface area contributed by atoms with E-state index in [0.29, 0.717) is 17.3 Å². The molecule has 0 bridgehead atoms. The van der Waals surface area contributed by atoms with E-state index in [1.165, 1.54) is 12.8 Å². The molecule has 1 aliphatic rings. The van der Waals surface area contributed by atoms with Crippen LogP contribution >= 0.6 is 15.9 Å². The molecular formula is C14H19BrN2O. The van der Waals surface area contributed by atoms with Gasteiger partial charge in [-0.1, -0.05) is 6.92 Å². The van der Waals surface area contributed by atoms with Gasteiger partial charge in [-0.25, -0.2) is 0 Å². The third kappa shape index (κ3) is 3.25. The molecule has 0 atom stereocenters. The van der Waals surface area contributed by atoms with Crippen LogP contribution in [0.5, 0.6) is 0 Å². The fraction of sp³-hybridized carbons (Fsp3) is 0.500. The minimum absolute atomic E-state index is 0.0197. The summed E-state index contributed by atoms with van der Waals surface area (Å²) in [5.41, 5.74) is 7.01. The number of halogens is 1. The number of amides is 1. The lowest BCUT2D eigenvalue weighted by Gasteiger charge is -2.26. The molecule has 18 heavy (non-hydrogen) atoms. The second-order valence-corrected chi connectivity index (χ2v) is 6.02. The number of carbonyl (C=O) groups excluding carboxylic acids is 1. The summed E-state index contributed by atoms with van der Waals surface area (Å²) < 4.78 is 0.825. The number of nitrogens with two attached hydrogens (primary N) is 1. The Bertz CT molecular complexity index is 439. The van der Waals surface area contributed by atoms with E-state index < -0.39 is 0 Å². The molecule has 0 heterocycles. The van der Waals surface area contributed by atoms with Crippen molar-refractivity contribution in [2.24, 2.45) is 5.92 Å². The van der Waals surface area contributed by atoms with Crippen LogP contribution in [0.3, 0.4) is 0 Å². The monoisotopic (exact) mass is 310 g/mol. The summed E-state index contributed by atoms with van der Waals surface area (Å²) in [4.78, 5) is 12.1. The zero-order valence-electron chi connectivity index (χ0n) is 10.6. The van der Waals surface area contributed by atoms with Crippen LogP contribution in [0.2, 0.25) is 0 Å². The predicted molar refractivity (Wildman–Crippen MR) is 77.4 cm³/mol. The number of hydrogen-bond donors (Lipinski definition) is 2. The van der Waals surface area contributed by atoms with Crippen LogP contribution in [0.4, 0.5) is 5.69 Å². The van der Waals surface area contributed by atoms with Crippen LogP contribution in [-0.4, -0.2) is 11.9 Å². The van der Waals surface area contributed by atoms with Gasteiger partial charge in [-0.15, -0.1) is 0 Å². The lowest BCUT2D eigenvalue weighted by molar-refractivity contribution is 0.0923. The van der Waals surface area contributed by atoms with Crippen molar-refractivity contribution < 1.29 is 4.79 Å². The standard InChI is InChI=1S/C14H19BrN2O/c1-9-2-5-11(6-3-9)17-14(18)10-4-7-12(15)13(16)8-10/h4,7-9,11H,2-3,5-6,16H2,1H3,(H,17,18). The minimum Gasteiger partial charge on any atom is -0.398 e. The van der Waals surface area contributed by atoms with Gasteiger partial charge in [0, 0.05) is 21.8 Å². The summed E-state index contributed by atoms with van der Waals surface area (Å²) in [6.45, 7) is 2.27. The van der Waals surface area contributed by atoms with Gasteiger partial charge in [-0.3, -0.25) is 4.79 Å². The maximum absolute atomic E-state index is 12.1. The van der Waals surface area contributed by atoms with Crippen LogP contribution in [0, 0.1) is 5.92 Å². The van der Waals surface area contributed by atoms with Crippen LogP contribution in [-0.2, 0) is 0 Å². The zero-order chi connectivity index (χ0) is 13.1. The number of anilines is 1. The van der Waals surface area contributed by atoms with Gasteiger partial charge >= 0.3 is 0 Å². The van der Waals surface area contributed by atoms with Gasteiger partial charge < -0.3 is 11.1 Å². The van der Waals surface area contributed by atoms with Gasteiger partial charge in [-0.2, -0.15) is 0 Å². The fourth-order valence-electron chi connectivity index (χ4n) is 2.36. The van der Waals surface area contributed by atoms with E-state index in [0.717, 1.165) is 23.2 Å². The van der Waals surface area contributed by atoms with Crippen LogP contribution in [0.1, 0.15) is 43.0 Å². The van der Waals surface area contributed by atoms with Crippen molar-refractivity contribution in [1.82, 2.24) is 5.32 Å². The molecule has 98 valence electrons. The summed E-state index contributed by atoms with van der Waals surface area (Å²) in [6.07, 6.45) is 4.57. The first-order valence-corrected chi connectivity index (χ1v) is 7.21. The van der Waals surface area contributed by atoms with Crippen molar-refractivity contribution >= 4 is 27.5 Å². The number of nitrogen functional groups attached to an aromatic ring is 1. The summed E-state index contributed by atoms with van der Waals surface area (Å²) >= 11 is 3.33. The zero-order valence-corrected chi connectivity index (χ0v) is 12.2. The normalized spacial score (nSPS) is 23.7. The number of hydrogen-bond acceptors (Lipinski definition) is 2. The number of nitrogens with one attached hydrogen (secondary N) is 1. The SMILES string of the molecule is CC1CCC(NC(=O)c2ccc(Br)c(N)c2)CC1. The lowest BCUT2D eigenvalue weighted by Crippen LogP contribution is -2.37. The van der Waals surface area contributed by atoms with E-state index in [4.69, 9.17) is 5.73 Å². The summed E-state index contributed by atoms with van der Waals surface area (Å²) in [5.74, 6) is 0.773. The molecule has 3 N–H and O–H groups in total. The first-order valence-electron chi connectivity index (χ1n) is 6.42. The van der Waals surface area contributed by atoms with Gasteiger partial charge in [0.2, 0.25) is 0 Å². The molecule has 2 rings (SSSR count). The molecule has 0 unspecified atom stereocenters. The molecule has 0 spiro atoms. The highest BCUT2D eigenvalue weighted by atomic mass is 79.9. The molecule has 0 saturated heterocycles. The van der Waals surface area contributed by atoms with E-state index in [-0.39, 0.29) is 5.91 Å². The van der Waals surface area contributed by atoms with Crippen molar-refractivity contribution in [3.63, 3.8) is 0 Å². The van der Waals surface area contributed by atoms with Gasteiger partial charge in [0.15, 0.2) is 0 Å². The first-order chi connectivity index (χ1) is 8.56. The molecule has 3 nitrogen and oxygen atoms in total. The summed E-state index contributed by atoms with van der Waals surface area (Å²) in [6, 6.07) is 5.64. The van der Waals surface area contributed by atoms with Gasteiger partial charge in [0.25, 0.3) is 5.91 Å². The Labute approximate surface area is 116 Å². The largest absolute Gasteiger partial charge is 0.398 e. The Balaban J connectivity index is 1.97. The number of benzene rings is 1. The highest BCUT2D eigenvalue weighted by Gasteiger charge is 2.20. The van der Waals surface area contributed by atoms with Crippen LogP contribution < -0.4 is 11.1 Å². The topological polar surface area (TPSA) is 55.1 Å². The van der Waals surface area contributed by atoms with Gasteiger partial charge in [0.1, 0.15) is 0 Å². The maximum Gasteiger partial charge on any atom is 0.251 e. The van der Waals surface area contributed by atoms with Crippen LogP contribution in [0.15, 0.2) is 22.7 Å². The van der Waals surface area contributed by atoms with Crippen LogP contribution in [0.25, 0.3) is 0 Å². The highest BCUT2D eigenvalue weighted by Crippen LogP contribution is 2.24. The Morgan fingerprint density at radius 2 is 2.00 bits per heavy atom. The van der Waals surface area contributed by atoms with E-state index in [1.807, 2.05) is 6.07 Å². The molecule has 4 heteroatoms. The van der Waals surface area contributed by atoms with E-state index >= 15 is 0 Å².